The lowest BCUT2D eigenvalue weighted by molar-refractivity contribution is -0.124. The van der Waals surface area contributed by atoms with Gasteiger partial charge in [-0.2, -0.15) is 0 Å². The van der Waals surface area contributed by atoms with Crippen molar-refractivity contribution in [1.82, 2.24) is 4.98 Å². The summed E-state index contributed by atoms with van der Waals surface area (Å²) in [6.45, 7) is 10.1. The van der Waals surface area contributed by atoms with Crippen LogP contribution in [0.5, 0.6) is 0 Å². The Balaban J connectivity index is 1.88. The molecule has 2 N–H and O–H groups in total. The van der Waals surface area contributed by atoms with Gasteiger partial charge in [0.25, 0.3) is 0 Å². The summed E-state index contributed by atoms with van der Waals surface area (Å²) in [7, 11) is 0. The van der Waals surface area contributed by atoms with Gasteiger partial charge in [-0.15, -0.1) is 0 Å². The standard InChI is InChI=1S/C22H26N2O2/c1-12(2)20(25)8-9-21(26)23-16-6-7-19-17(11-16)18-10-13(3)14(4)15(5)22(18)24-19/h6-7,10-12,24H,8-9H2,1-5H3,(H,23,26). The average molecular weight is 350 g/mol. The molecule has 0 fully saturated rings. The van der Waals surface area contributed by atoms with Gasteiger partial charge in [-0.1, -0.05) is 13.8 Å². The van der Waals surface area contributed by atoms with Gasteiger partial charge in [0, 0.05) is 46.3 Å². The normalized spacial score (nSPS) is 11.5. The summed E-state index contributed by atoms with van der Waals surface area (Å²) in [5, 5.41) is 5.19. The Labute approximate surface area is 154 Å². The number of carbonyl (C=O) groups excluding carboxylic acids is 2. The third-order valence-corrected chi connectivity index (χ3v) is 5.25. The number of H-pyrrole nitrogens is 1. The Morgan fingerprint density at radius 2 is 1.73 bits per heavy atom. The molecule has 0 aliphatic carbocycles. The van der Waals surface area contributed by atoms with E-state index < -0.39 is 0 Å². The molecule has 136 valence electrons. The van der Waals surface area contributed by atoms with E-state index in [0.29, 0.717) is 0 Å². The Morgan fingerprint density at radius 1 is 1.00 bits per heavy atom. The molecule has 1 aromatic heterocycles. The summed E-state index contributed by atoms with van der Waals surface area (Å²) in [6, 6.07) is 8.09. The van der Waals surface area contributed by atoms with Gasteiger partial charge in [-0.05, 0) is 61.7 Å². The maximum Gasteiger partial charge on any atom is 0.224 e. The second-order valence-corrected chi connectivity index (χ2v) is 7.42. The van der Waals surface area contributed by atoms with Gasteiger partial charge in [0.2, 0.25) is 5.91 Å². The van der Waals surface area contributed by atoms with Crippen LogP contribution in [0.3, 0.4) is 0 Å². The number of hydrogen-bond acceptors (Lipinski definition) is 2. The number of ketones is 1. The summed E-state index contributed by atoms with van der Waals surface area (Å²) in [5.41, 5.74) is 6.78. The number of benzene rings is 2. The number of aromatic nitrogens is 1. The molecule has 0 atom stereocenters. The smallest absolute Gasteiger partial charge is 0.224 e. The Bertz CT molecular complexity index is 1010. The molecule has 0 radical (unpaired) electrons. The lowest BCUT2D eigenvalue weighted by Crippen LogP contribution is -2.15. The van der Waals surface area contributed by atoms with Gasteiger partial charge in [0.15, 0.2) is 0 Å². The average Bonchev–Trinajstić information content (AvgIpc) is 2.95. The number of nitrogens with one attached hydrogen (secondary N) is 2. The number of rotatable bonds is 5. The number of amides is 1. The van der Waals surface area contributed by atoms with Crippen molar-refractivity contribution in [3.63, 3.8) is 0 Å². The second-order valence-electron chi connectivity index (χ2n) is 7.42. The van der Waals surface area contributed by atoms with Gasteiger partial charge in [-0.25, -0.2) is 0 Å². The molecule has 0 unspecified atom stereocenters. The third-order valence-electron chi connectivity index (χ3n) is 5.25. The van der Waals surface area contributed by atoms with Crippen LogP contribution in [0, 0.1) is 26.7 Å². The molecule has 26 heavy (non-hydrogen) atoms. The van der Waals surface area contributed by atoms with Crippen LogP contribution in [0.25, 0.3) is 21.8 Å². The number of carbonyl (C=O) groups is 2. The van der Waals surface area contributed by atoms with Crippen molar-refractivity contribution in [2.45, 2.75) is 47.5 Å². The summed E-state index contributed by atoms with van der Waals surface area (Å²) in [6.07, 6.45) is 0.511. The van der Waals surface area contributed by atoms with Crippen LogP contribution in [0.2, 0.25) is 0 Å². The molecule has 4 nitrogen and oxygen atoms in total. The maximum absolute atomic E-state index is 12.2. The monoisotopic (exact) mass is 350 g/mol. The predicted molar refractivity (Wildman–Crippen MR) is 108 cm³/mol. The molecule has 2 aromatic carbocycles. The summed E-state index contributed by atoms with van der Waals surface area (Å²) in [5.74, 6) is -0.0322. The van der Waals surface area contributed by atoms with Crippen molar-refractivity contribution in [1.29, 1.82) is 0 Å². The Hall–Kier alpha value is -2.62. The van der Waals surface area contributed by atoms with Crippen molar-refractivity contribution >= 4 is 39.2 Å². The van der Waals surface area contributed by atoms with Crippen LogP contribution in [-0.2, 0) is 9.59 Å². The minimum absolute atomic E-state index is 0.0275. The number of aryl methyl sites for hydroxylation is 2. The van der Waals surface area contributed by atoms with Gasteiger partial charge < -0.3 is 10.3 Å². The molecule has 4 heteroatoms. The van der Waals surface area contributed by atoms with Gasteiger partial charge >= 0.3 is 0 Å². The van der Waals surface area contributed by atoms with E-state index in [1.54, 1.807) is 0 Å². The van der Waals surface area contributed by atoms with Crippen LogP contribution >= 0.6 is 0 Å². The molecular formula is C22H26N2O2. The Kier molecular flexibility index (Phi) is 4.86. The first kappa shape index (κ1) is 18.2. The number of hydrogen-bond donors (Lipinski definition) is 2. The van der Waals surface area contributed by atoms with Crippen molar-refractivity contribution in [2.75, 3.05) is 5.32 Å². The first-order chi connectivity index (χ1) is 12.3. The molecule has 0 saturated carbocycles. The highest BCUT2D eigenvalue weighted by atomic mass is 16.2. The van der Waals surface area contributed by atoms with Crippen molar-refractivity contribution in [3.05, 3.63) is 41.0 Å². The van der Waals surface area contributed by atoms with E-state index in [-0.39, 0.29) is 30.4 Å². The number of aromatic amines is 1. The van der Waals surface area contributed by atoms with Crippen molar-refractivity contribution < 1.29 is 9.59 Å². The Morgan fingerprint density at radius 3 is 2.42 bits per heavy atom. The fraction of sp³-hybridized carbons (Fsp3) is 0.364. The number of anilines is 1. The maximum atomic E-state index is 12.2. The van der Waals surface area contributed by atoms with Gasteiger partial charge in [-0.3, -0.25) is 9.59 Å². The molecule has 0 bridgehead atoms. The molecule has 0 aliphatic heterocycles. The predicted octanol–water partition coefficient (Wildman–Crippen LogP) is 5.19. The van der Waals surface area contributed by atoms with E-state index >= 15 is 0 Å². The summed E-state index contributed by atoms with van der Waals surface area (Å²) in [4.78, 5) is 27.3. The molecular weight excluding hydrogens is 324 g/mol. The lowest BCUT2D eigenvalue weighted by Gasteiger charge is -2.07. The third kappa shape index (κ3) is 3.36. The first-order valence-corrected chi connectivity index (χ1v) is 9.12. The first-order valence-electron chi connectivity index (χ1n) is 9.12. The summed E-state index contributed by atoms with van der Waals surface area (Å²) >= 11 is 0. The number of fused-ring (bicyclic) bond motifs is 3. The molecule has 3 aromatic rings. The topological polar surface area (TPSA) is 62.0 Å². The van der Waals surface area contributed by atoms with Crippen LogP contribution in [0.15, 0.2) is 24.3 Å². The highest BCUT2D eigenvalue weighted by molar-refractivity contribution is 6.10. The lowest BCUT2D eigenvalue weighted by atomic mass is 10.00. The van der Waals surface area contributed by atoms with E-state index in [2.05, 4.69) is 37.1 Å². The number of Topliss-reactive ketones (excluding diaryl/α,β-unsaturated/α-hetero) is 1. The molecule has 1 amide bonds. The fourth-order valence-electron chi connectivity index (χ4n) is 3.29. The second kappa shape index (κ2) is 6.94. The fourth-order valence-corrected chi connectivity index (χ4v) is 3.29. The van der Waals surface area contributed by atoms with E-state index in [9.17, 15) is 9.59 Å². The SMILES string of the molecule is Cc1cc2c([nH]c3ccc(NC(=O)CCC(=O)C(C)C)cc32)c(C)c1C. The zero-order valence-electron chi connectivity index (χ0n) is 16.1. The highest BCUT2D eigenvalue weighted by Gasteiger charge is 2.13. The van der Waals surface area contributed by atoms with Gasteiger partial charge in [0.05, 0.1) is 0 Å². The molecule has 0 saturated heterocycles. The molecule has 0 spiro atoms. The minimum Gasteiger partial charge on any atom is -0.354 e. The highest BCUT2D eigenvalue weighted by Crippen LogP contribution is 2.32. The van der Waals surface area contributed by atoms with Crippen molar-refractivity contribution in [3.8, 4) is 0 Å². The van der Waals surface area contributed by atoms with Crippen LogP contribution in [0.4, 0.5) is 5.69 Å². The zero-order valence-corrected chi connectivity index (χ0v) is 16.1. The van der Waals surface area contributed by atoms with E-state index in [0.717, 1.165) is 22.1 Å². The van der Waals surface area contributed by atoms with Gasteiger partial charge in [0.1, 0.15) is 5.78 Å². The van der Waals surface area contributed by atoms with E-state index in [1.807, 2.05) is 32.0 Å². The quantitative estimate of drug-likeness (QED) is 0.665. The van der Waals surface area contributed by atoms with Crippen LogP contribution < -0.4 is 5.32 Å². The largest absolute Gasteiger partial charge is 0.354 e. The van der Waals surface area contributed by atoms with E-state index in [1.165, 1.54) is 22.1 Å². The molecule has 3 rings (SSSR count). The van der Waals surface area contributed by atoms with Crippen molar-refractivity contribution in [2.24, 2.45) is 5.92 Å². The molecule has 0 aliphatic rings. The van der Waals surface area contributed by atoms with Crippen LogP contribution in [-0.4, -0.2) is 16.7 Å². The molecule has 1 heterocycles. The minimum atomic E-state index is -0.124. The zero-order chi connectivity index (χ0) is 19.0. The van der Waals surface area contributed by atoms with E-state index in [4.69, 9.17) is 0 Å². The summed E-state index contributed by atoms with van der Waals surface area (Å²) < 4.78 is 0. The van der Waals surface area contributed by atoms with Crippen LogP contribution in [0.1, 0.15) is 43.4 Å².